The lowest BCUT2D eigenvalue weighted by atomic mass is 10.2. The molecule has 3 rings (SSSR count). The van der Waals surface area contributed by atoms with E-state index in [1.165, 1.54) is 0 Å². The average molecular weight is 327 g/mol. The molecular weight excluding hydrogens is 306 g/mol. The lowest BCUT2D eigenvalue weighted by Gasteiger charge is -2.34. The standard InChI is InChI=1S/C17H21N5O2/c1-13-3-5-14(6-4-13)19-17(24)22-11-9-21(10-12-22)16(23)15-7-8-18-20(15)2/h3-8H,9-12H2,1-2H3,(H,19,24). The number of nitrogens with one attached hydrogen (secondary N) is 1. The van der Waals surface area contributed by atoms with Crippen LogP contribution in [0.1, 0.15) is 16.1 Å². The van der Waals surface area contributed by atoms with Gasteiger partial charge in [0, 0.05) is 45.1 Å². The molecule has 0 bridgehead atoms. The summed E-state index contributed by atoms with van der Waals surface area (Å²) in [6.45, 7) is 4.07. The number of aromatic nitrogens is 2. The molecule has 24 heavy (non-hydrogen) atoms. The van der Waals surface area contributed by atoms with Crippen molar-refractivity contribution < 1.29 is 9.59 Å². The largest absolute Gasteiger partial charge is 0.334 e. The lowest BCUT2D eigenvalue weighted by molar-refractivity contribution is 0.0661. The Morgan fingerprint density at radius 2 is 1.62 bits per heavy atom. The summed E-state index contributed by atoms with van der Waals surface area (Å²) >= 11 is 0. The monoisotopic (exact) mass is 327 g/mol. The van der Waals surface area contributed by atoms with Crippen LogP contribution < -0.4 is 5.32 Å². The van der Waals surface area contributed by atoms with Gasteiger partial charge in [0.2, 0.25) is 0 Å². The molecular formula is C17H21N5O2. The molecule has 1 N–H and O–H groups in total. The molecule has 2 heterocycles. The summed E-state index contributed by atoms with van der Waals surface area (Å²) in [5.74, 6) is -0.0476. The number of urea groups is 1. The molecule has 0 spiro atoms. The van der Waals surface area contributed by atoms with Crippen molar-refractivity contribution in [1.29, 1.82) is 0 Å². The summed E-state index contributed by atoms with van der Waals surface area (Å²) in [5.41, 5.74) is 2.49. The number of nitrogens with zero attached hydrogens (tertiary/aromatic N) is 4. The van der Waals surface area contributed by atoms with Crippen LogP contribution in [0.5, 0.6) is 0 Å². The molecule has 0 saturated carbocycles. The zero-order chi connectivity index (χ0) is 17.1. The summed E-state index contributed by atoms with van der Waals surface area (Å²) in [6.07, 6.45) is 1.61. The first kappa shape index (κ1) is 16.0. The topological polar surface area (TPSA) is 70.5 Å². The number of aryl methyl sites for hydroxylation is 2. The van der Waals surface area contributed by atoms with Crippen LogP contribution in [0.25, 0.3) is 0 Å². The Kier molecular flexibility index (Phi) is 4.50. The molecule has 1 aromatic heterocycles. The summed E-state index contributed by atoms with van der Waals surface area (Å²) in [7, 11) is 1.75. The van der Waals surface area contributed by atoms with E-state index in [1.807, 2.05) is 31.2 Å². The van der Waals surface area contributed by atoms with Gasteiger partial charge in [0.05, 0.1) is 0 Å². The smallest absolute Gasteiger partial charge is 0.321 e. The van der Waals surface area contributed by atoms with Gasteiger partial charge in [0.1, 0.15) is 5.69 Å². The van der Waals surface area contributed by atoms with E-state index in [2.05, 4.69) is 10.4 Å². The molecule has 3 amide bonds. The fourth-order valence-corrected chi connectivity index (χ4v) is 2.70. The Labute approximate surface area is 140 Å². The first-order chi connectivity index (χ1) is 11.5. The Morgan fingerprint density at radius 1 is 1.00 bits per heavy atom. The molecule has 7 heteroatoms. The molecule has 0 atom stereocenters. The fourth-order valence-electron chi connectivity index (χ4n) is 2.70. The van der Waals surface area contributed by atoms with Gasteiger partial charge in [-0.25, -0.2) is 4.79 Å². The molecule has 1 aromatic carbocycles. The highest BCUT2D eigenvalue weighted by molar-refractivity contribution is 5.93. The maximum absolute atomic E-state index is 12.4. The van der Waals surface area contributed by atoms with E-state index in [4.69, 9.17) is 0 Å². The number of benzene rings is 1. The molecule has 2 aromatic rings. The van der Waals surface area contributed by atoms with Crippen LogP contribution in [0, 0.1) is 6.92 Å². The van der Waals surface area contributed by atoms with E-state index < -0.39 is 0 Å². The Hall–Kier alpha value is -2.83. The van der Waals surface area contributed by atoms with Gasteiger partial charge >= 0.3 is 6.03 Å². The van der Waals surface area contributed by atoms with E-state index in [0.717, 1.165) is 11.3 Å². The van der Waals surface area contributed by atoms with Crippen LogP contribution in [0.2, 0.25) is 0 Å². The first-order valence-electron chi connectivity index (χ1n) is 7.94. The van der Waals surface area contributed by atoms with Gasteiger partial charge in [0.15, 0.2) is 0 Å². The van der Waals surface area contributed by atoms with Crippen molar-refractivity contribution in [2.45, 2.75) is 6.92 Å². The highest BCUT2D eigenvalue weighted by Gasteiger charge is 2.26. The van der Waals surface area contributed by atoms with Gasteiger partial charge in [-0.2, -0.15) is 5.10 Å². The van der Waals surface area contributed by atoms with Crippen LogP contribution in [0.15, 0.2) is 36.5 Å². The predicted molar refractivity (Wildman–Crippen MR) is 90.9 cm³/mol. The number of amides is 3. The molecule has 1 saturated heterocycles. The minimum atomic E-state index is -0.133. The second kappa shape index (κ2) is 6.74. The second-order valence-corrected chi connectivity index (χ2v) is 5.92. The van der Waals surface area contributed by atoms with Crippen molar-refractivity contribution in [3.8, 4) is 0 Å². The molecule has 7 nitrogen and oxygen atoms in total. The van der Waals surface area contributed by atoms with Gasteiger partial charge < -0.3 is 15.1 Å². The molecule has 0 unspecified atom stereocenters. The zero-order valence-electron chi connectivity index (χ0n) is 13.9. The van der Waals surface area contributed by atoms with Crippen LogP contribution >= 0.6 is 0 Å². The van der Waals surface area contributed by atoms with Crippen molar-refractivity contribution in [2.75, 3.05) is 31.5 Å². The maximum atomic E-state index is 12.4. The summed E-state index contributed by atoms with van der Waals surface area (Å²) < 4.78 is 1.57. The van der Waals surface area contributed by atoms with Crippen LogP contribution in [-0.2, 0) is 7.05 Å². The van der Waals surface area contributed by atoms with Crippen LogP contribution in [0.3, 0.4) is 0 Å². The summed E-state index contributed by atoms with van der Waals surface area (Å²) in [6, 6.07) is 9.26. The summed E-state index contributed by atoms with van der Waals surface area (Å²) in [5, 5.41) is 6.91. The third kappa shape index (κ3) is 3.40. The van der Waals surface area contributed by atoms with Crippen molar-refractivity contribution in [1.82, 2.24) is 19.6 Å². The first-order valence-corrected chi connectivity index (χ1v) is 7.94. The Bertz CT molecular complexity index is 730. The average Bonchev–Trinajstić information content (AvgIpc) is 3.02. The fraction of sp³-hybridized carbons (Fsp3) is 0.353. The zero-order valence-corrected chi connectivity index (χ0v) is 13.9. The molecule has 1 fully saturated rings. The van der Waals surface area contributed by atoms with Gasteiger partial charge in [0.25, 0.3) is 5.91 Å². The van der Waals surface area contributed by atoms with E-state index in [9.17, 15) is 9.59 Å². The normalized spacial score (nSPS) is 14.6. The van der Waals surface area contributed by atoms with Crippen molar-refractivity contribution in [2.24, 2.45) is 7.05 Å². The second-order valence-electron chi connectivity index (χ2n) is 5.92. The molecule has 0 aliphatic carbocycles. The highest BCUT2D eigenvalue weighted by Crippen LogP contribution is 2.12. The van der Waals surface area contributed by atoms with Gasteiger partial charge in [-0.3, -0.25) is 9.48 Å². The Balaban J connectivity index is 1.55. The molecule has 126 valence electrons. The van der Waals surface area contributed by atoms with E-state index >= 15 is 0 Å². The molecule has 1 aliphatic rings. The lowest BCUT2D eigenvalue weighted by Crippen LogP contribution is -2.51. The van der Waals surface area contributed by atoms with Gasteiger partial charge in [-0.1, -0.05) is 17.7 Å². The third-order valence-corrected chi connectivity index (χ3v) is 4.20. The molecule has 1 aliphatic heterocycles. The number of carbonyl (C=O) groups excluding carboxylic acids is 2. The van der Waals surface area contributed by atoms with Gasteiger partial charge in [-0.15, -0.1) is 0 Å². The SMILES string of the molecule is Cc1ccc(NC(=O)N2CCN(C(=O)c3ccnn3C)CC2)cc1. The molecule has 0 radical (unpaired) electrons. The van der Waals surface area contributed by atoms with Crippen LogP contribution in [0.4, 0.5) is 10.5 Å². The minimum Gasteiger partial charge on any atom is -0.334 e. The van der Waals surface area contributed by atoms with E-state index in [-0.39, 0.29) is 11.9 Å². The van der Waals surface area contributed by atoms with Crippen LogP contribution in [-0.4, -0.2) is 57.7 Å². The predicted octanol–water partition coefficient (Wildman–Crippen LogP) is 1.72. The number of rotatable bonds is 2. The quantitative estimate of drug-likeness (QED) is 0.913. The van der Waals surface area contributed by atoms with E-state index in [0.29, 0.717) is 31.9 Å². The van der Waals surface area contributed by atoms with Crippen molar-refractivity contribution in [3.05, 3.63) is 47.8 Å². The van der Waals surface area contributed by atoms with E-state index in [1.54, 1.807) is 33.8 Å². The number of piperazine rings is 1. The van der Waals surface area contributed by atoms with Crippen molar-refractivity contribution >= 4 is 17.6 Å². The summed E-state index contributed by atoms with van der Waals surface area (Å²) in [4.78, 5) is 28.2. The Morgan fingerprint density at radius 3 is 2.21 bits per heavy atom. The number of hydrogen-bond acceptors (Lipinski definition) is 3. The minimum absolute atomic E-state index is 0.0476. The van der Waals surface area contributed by atoms with Crippen molar-refractivity contribution in [3.63, 3.8) is 0 Å². The third-order valence-electron chi connectivity index (χ3n) is 4.20. The number of carbonyl (C=O) groups is 2. The number of anilines is 1. The highest BCUT2D eigenvalue weighted by atomic mass is 16.2. The van der Waals surface area contributed by atoms with Gasteiger partial charge in [-0.05, 0) is 25.1 Å². The number of hydrogen-bond donors (Lipinski definition) is 1. The maximum Gasteiger partial charge on any atom is 0.321 e.